The molecule has 3 rings (SSSR count). The third-order valence-electron chi connectivity index (χ3n) is 4.13. The largest absolute Gasteiger partial charge is 0.479 e. The number of carbonyl (C=O) groups is 1. The molecule has 0 saturated carbocycles. The number of benzene rings is 2. The lowest BCUT2D eigenvalue weighted by atomic mass is 10.2. The smallest absolute Gasteiger partial charge is 0.347 e. The van der Waals surface area contributed by atoms with Gasteiger partial charge in [0.15, 0.2) is 6.10 Å². The maximum Gasteiger partial charge on any atom is 0.347 e. The first-order valence-corrected chi connectivity index (χ1v) is 9.15. The third-order valence-corrected chi connectivity index (χ3v) is 4.13. The van der Waals surface area contributed by atoms with Crippen molar-refractivity contribution < 1.29 is 23.4 Å². The van der Waals surface area contributed by atoms with Gasteiger partial charge in [-0.3, -0.25) is 4.79 Å². The summed E-state index contributed by atoms with van der Waals surface area (Å²) in [5.74, 6) is 0.660. The Morgan fingerprint density at radius 3 is 2.64 bits per heavy atom. The molecule has 0 aliphatic heterocycles. The number of hydrogen-bond donors (Lipinski definition) is 0. The topological polar surface area (TPSA) is 75.0 Å². The van der Waals surface area contributed by atoms with E-state index < -0.39 is 12.1 Å². The number of fused-ring (bicyclic) bond motifs is 1. The molecule has 3 aromatic rings. The van der Waals surface area contributed by atoms with Crippen LogP contribution < -0.4 is 14.9 Å². The Morgan fingerprint density at radius 1 is 1.11 bits per heavy atom. The van der Waals surface area contributed by atoms with Gasteiger partial charge >= 0.3 is 5.97 Å². The van der Waals surface area contributed by atoms with Crippen molar-refractivity contribution in [3.8, 4) is 17.2 Å². The van der Waals surface area contributed by atoms with Crippen LogP contribution in [0.15, 0.2) is 57.9 Å². The Hall–Kier alpha value is -3.28. The molecule has 0 amide bonds. The van der Waals surface area contributed by atoms with Crippen LogP contribution in [0.2, 0.25) is 0 Å². The Balaban J connectivity index is 1.86. The number of carbonyl (C=O) groups excluding carboxylic acids is 1. The van der Waals surface area contributed by atoms with Crippen LogP contribution >= 0.6 is 0 Å². The lowest BCUT2D eigenvalue weighted by Crippen LogP contribution is -2.28. The molecular weight excluding hydrogens is 360 g/mol. The van der Waals surface area contributed by atoms with Crippen LogP contribution in [0.4, 0.5) is 0 Å². The van der Waals surface area contributed by atoms with Crippen LogP contribution in [0.25, 0.3) is 11.0 Å². The Morgan fingerprint density at radius 2 is 1.93 bits per heavy atom. The van der Waals surface area contributed by atoms with Crippen molar-refractivity contribution in [3.05, 3.63) is 64.5 Å². The number of aryl methyl sites for hydroxylation is 1. The predicted molar refractivity (Wildman–Crippen MR) is 105 cm³/mol. The molecular formula is C22H22O6. The van der Waals surface area contributed by atoms with Crippen LogP contribution in [0.5, 0.6) is 17.2 Å². The van der Waals surface area contributed by atoms with Gasteiger partial charge in [0.25, 0.3) is 0 Å². The van der Waals surface area contributed by atoms with E-state index in [4.69, 9.17) is 18.6 Å². The fraction of sp³-hybridized carbons (Fsp3) is 0.273. The standard InChI is InChI=1S/C22H22O6/c1-4-18(22(24)25-5-2)27-16-9-10-17-19(12-16)26-13-20(21(17)23)28-15-8-6-7-14(3)11-15/h6-13,18H,4-5H2,1-3H3. The predicted octanol–water partition coefficient (Wildman–Crippen LogP) is 4.61. The molecule has 146 valence electrons. The highest BCUT2D eigenvalue weighted by molar-refractivity contribution is 5.79. The number of esters is 1. The van der Waals surface area contributed by atoms with Gasteiger partial charge in [-0.2, -0.15) is 0 Å². The zero-order valence-corrected chi connectivity index (χ0v) is 16.1. The van der Waals surface area contributed by atoms with Gasteiger partial charge in [-0.1, -0.05) is 19.1 Å². The van der Waals surface area contributed by atoms with E-state index in [-0.39, 0.29) is 17.8 Å². The average molecular weight is 382 g/mol. The summed E-state index contributed by atoms with van der Waals surface area (Å²) >= 11 is 0. The van der Waals surface area contributed by atoms with Crippen molar-refractivity contribution in [2.45, 2.75) is 33.3 Å². The molecule has 0 radical (unpaired) electrons. The van der Waals surface area contributed by atoms with Gasteiger partial charge in [0, 0.05) is 6.07 Å². The summed E-state index contributed by atoms with van der Waals surface area (Å²) in [6.07, 6.45) is 1.02. The van der Waals surface area contributed by atoms with Gasteiger partial charge in [0.2, 0.25) is 11.2 Å². The molecule has 0 N–H and O–H groups in total. The summed E-state index contributed by atoms with van der Waals surface area (Å²) in [7, 11) is 0. The zero-order valence-electron chi connectivity index (χ0n) is 16.1. The molecule has 0 aliphatic rings. The van der Waals surface area contributed by atoms with Gasteiger partial charge < -0.3 is 18.6 Å². The van der Waals surface area contributed by atoms with E-state index in [1.807, 2.05) is 32.0 Å². The zero-order chi connectivity index (χ0) is 20.1. The first-order valence-electron chi connectivity index (χ1n) is 9.15. The Labute approximate surface area is 162 Å². The first kappa shape index (κ1) is 19.5. The molecule has 0 spiro atoms. The highest BCUT2D eigenvalue weighted by Crippen LogP contribution is 2.25. The lowest BCUT2D eigenvalue weighted by molar-refractivity contribution is -0.151. The van der Waals surface area contributed by atoms with Crippen LogP contribution in [0.1, 0.15) is 25.8 Å². The second-order valence-corrected chi connectivity index (χ2v) is 6.27. The van der Waals surface area contributed by atoms with E-state index in [1.54, 1.807) is 31.2 Å². The van der Waals surface area contributed by atoms with Crippen LogP contribution in [-0.4, -0.2) is 18.7 Å². The van der Waals surface area contributed by atoms with Gasteiger partial charge in [-0.15, -0.1) is 0 Å². The van der Waals surface area contributed by atoms with Crippen LogP contribution in [-0.2, 0) is 9.53 Å². The van der Waals surface area contributed by atoms with Crippen molar-refractivity contribution in [3.63, 3.8) is 0 Å². The van der Waals surface area contributed by atoms with E-state index in [9.17, 15) is 9.59 Å². The summed E-state index contributed by atoms with van der Waals surface area (Å²) in [6.45, 7) is 5.80. The van der Waals surface area contributed by atoms with E-state index in [2.05, 4.69) is 0 Å². The van der Waals surface area contributed by atoms with E-state index in [0.29, 0.717) is 28.9 Å². The second-order valence-electron chi connectivity index (χ2n) is 6.27. The molecule has 1 heterocycles. The fourth-order valence-electron chi connectivity index (χ4n) is 2.74. The quantitative estimate of drug-likeness (QED) is 0.555. The maximum absolute atomic E-state index is 12.7. The molecule has 0 saturated heterocycles. The Kier molecular flexibility index (Phi) is 5.99. The molecule has 6 nitrogen and oxygen atoms in total. The second kappa shape index (κ2) is 8.61. The highest BCUT2D eigenvalue weighted by atomic mass is 16.6. The molecule has 2 aromatic carbocycles. The summed E-state index contributed by atoms with van der Waals surface area (Å²) in [6, 6.07) is 12.2. The molecule has 1 aromatic heterocycles. The average Bonchev–Trinajstić information content (AvgIpc) is 2.68. The molecule has 0 fully saturated rings. The maximum atomic E-state index is 12.7. The normalized spacial score (nSPS) is 11.8. The third kappa shape index (κ3) is 4.34. The van der Waals surface area contributed by atoms with E-state index in [0.717, 1.165) is 5.56 Å². The minimum Gasteiger partial charge on any atom is -0.479 e. The van der Waals surface area contributed by atoms with Crippen molar-refractivity contribution in [2.24, 2.45) is 0 Å². The number of hydrogen-bond acceptors (Lipinski definition) is 6. The van der Waals surface area contributed by atoms with Crippen molar-refractivity contribution >= 4 is 16.9 Å². The van der Waals surface area contributed by atoms with Crippen LogP contribution in [0.3, 0.4) is 0 Å². The monoisotopic (exact) mass is 382 g/mol. The van der Waals surface area contributed by atoms with Gasteiger partial charge in [0.1, 0.15) is 23.3 Å². The van der Waals surface area contributed by atoms with Gasteiger partial charge in [-0.25, -0.2) is 4.79 Å². The van der Waals surface area contributed by atoms with Gasteiger partial charge in [-0.05, 0) is 50.1 Å². The van der Waals surface area contributed by atoms with Gasteiger partial charge in [0.05, 0.1) is 12.0 Å². The van der Waals surface area contributed by atoms with E-state index >= 15 is 0 Å². The summed E-state index contributed by atoms with van der Waals surface area (Å²) in [5, 5.41) is 0.363. The molecule has 1 unspecified atom stereocenters. The minimum absolute atomic E-state index is 0.102. The first-order chi connectivity index (χ1) is 13.5. The lowest BCUT2D eigenvalue weighted by Gasteiger charge is -2.16. The molecule has 0 aliphatic carbocycles. The molecule has 1 atom stereocenters. The summed E-state index contributed by atoms with van der Waals surface area (Å²) < 4.78 is 21.9. The van der Waals surface area contributed by atoms with E-state index in [1.165, 1.54) is 6.26 Å². The number of rotatable bonds is 7. The Bertz CT molecular complexity index is 1040. The summed E-state index contributed by atoms with van der Waals surface area (Å²) in [5.41, 5.74) is 1.08. The van der Waals surface area contributed by atoms with Crippen molar-refractivity contribution in [1.82, 2.24) is 0 Å². The minimum atomic E-state index is -0.715. The SMILES string of the molecule is CCOC(=O)C(CC)Oc1ccc2c(=O)c(Oc3cccc(C)c3)coc2c1. The number of ether oxygens (including phenoxy) is 3. The highest BCUT2D eigenvalue weighted by Gasteiger charge is 2.20. The fourth-order valence-corrected chi connectivity index (χ4v) is 2.74. The molecule has 6 heteroatoms. The molecule has 28 heavy (non-hydrogen) atoms. The van der Waals surface area contributed by atoms with Crippen LogP contribution in [0, 0.1) is 6.92 Å². The molecule has 0 bridgehead atoms. The van der Waals surface area contributed by atoms with Crippen molar-refractivity contribution in [2.75, 3.05) is 6.61 Å². The summed E-state index contributed by atoms with van der Waals surface area (Å²) in [4.78, 5) is 24.6. The van der Waals surface area contributed by atoms with Crippen molar-refractivity contribution in [1.29, 1.82) is 0 Å².